The molecule has 9 nitrogen and oxygen atoms in total. The van der Waals surface area contributed by atoms with Crippen LogP contribution in [0.15, 0.2) is 30.3 Å². The lowest BCUT2D eigenvalue weighted by Gasteiger charge is -2.40. The molecule has 2 amide bonds. The Kier molecular flexibility index (Phi) is 6.09. The zero-order valence-electron chi connectivity index (χ0n) is 18.6. The number of nitrogens with zero attached hydrogens (tertiary/aromatic N) is 3. The molecule has 2 aromatic rings. The molecule has 0 unspecified atom stereocenters. The topological polar surface area (TPSA) is 114 Å². The molecular formula is C22H29N5O4S. The number of urea groups is 1. The molecule has 0 spiro atoms. The van der Waals surface area contributed by atoms with Crippen LogP contribution in [0.25, 0.3) is 11.4 Å². The number of amides is 2. The summed E-state index contributed by atoms with van der Waals surface area (Å²) in [6.07, 6.45) is 3.28. The number of rotatable bonds is 5. The van der Waals surface area contributed by atoms with Gasteiger partial charge >= 0.3 is 6.03 Å². The fraction of sp³-hybridized carbons (Fsp3) is 0.500. The first-order chi connectivity index (χ1) is 15.2. The molecule has 1 aromatic carbocycles. The standard InChI is InChI=1S/C22H29N5O4S/c1-15-14-31-12-11-27(15)19-13-18(22(9-4-10-22)32(3,29)30)25-20(26-19)16-5-7-17(8-6-16)24-21(28)23-2/h5-8,13,15H,4,9-12,14H2,1-3H3,(H2,23,24,28)/t15-/m0/s1. The molecular weight excluding hydrogens is 430 g/mol. The summed E-state index contributed by atoms with van der Waals surface area (Å²) in [4.78, 5) is 23.2. The summed E-state index contributed by atoms with van der Waals surface area (Å²) < 4.78 is 30.1. The van der Waals surface area contributed by atoms with E-state index in [0.29, 0.717) is 55.6 Å². The van der Waals surface area contributed by atoms with E-state index in [1.165, 1.54) is 6.26 Å². The van der Waals surface area contributed by atoms with Gasteiger partial charge in [0.05, 0.1) is 24.9 Å². The van der Waals surface area contributed by atoms with Crippen molar-refractivity contribution in [3.8, 4) is 11.4 Å². The Bertz CT molecular complexity index is 1100. The van der Waals surface area contributed by atoms with Gasteiger partial charge in [-0.25, -0.2) is 23.2 Å². The zero-order valence-corrected chi connectivity index (χ0v) is 19.4. The Morgan fingerprint density at radius 1 is 1.22 bits per heavy atom. The highest BCUT2D eigenvalue weighted by molar-refractivity contribution is 7.91. The van der Waals surface area contributed by atoms with Gasteiger partial charge in [0.25, 0.3) is 0 Å². The third-order valence-corrected chi connectivity index (χ3v) is 8.38. The summed E-state index contributed by atoms with van der Waals surface area (Å²) in [5, 5.41) is 5.23. The fourth-order valence-electron chi connectivity index (χ4n) is 4.22. The fourth-order valence-corrected chi connectivity index (χ4v) is 5.74. The maximum Gasteiger partial charge on any atom is 0.318 e. The Balaban J connectivity index is 1.78. The number of sulfone groups is 1. The van der Waals surface area contributed by atoms with Crippen LogP contribution in [0.2, 0.25) is 0 Å². The number of hydrogen-bond donors (Lipinski definition) is 2. The molecule has 1 aliphatic carbocycles. The molecule has 2 heterocycles. The second kappa shape index (κ2) is 8.67. The number of ether oxygens (including phenoxy) is 1. The minimum Gasteiger partial charge on any atom is -0.377 e. The number of aromatic nitrogens is 2. The Morgan fingerprint density at radius 3 is 2.50 bits per heavy atom. The van der Waals surface area contributed by atoms with E-state index in [-0.39, 0.29) is 12.1 Å². The van der Waals surface area contributed by atoms with Crippen molar-refractivity contribution in [1.29, 1.82) is 0 Å². The van der Waals surface area contributed by atoms with Gasteiger partial charge in [0, 0.05) is 37.2 Å². The molecule has 0 bridgehead atoms. The Hall–Kier alpha value is -2.72. The van der Waals surface area contributed by atoms with Crippen LogP contribution in [0.5, 0.6) is 0 Å². The van der Waals surface area contributed by atoms with Crippen LogP contribution < -0.4 is 15.5 Å². The molecule has 0 radical (unpaired) electrons. The monoisotopic (exact) mass is 459 g/mol. The van der Waals surface area contributed by atoms with E-state index >= 15 is 0 Å². The lowest BCUT2D eigenvalue weighted by molar-refractivity contribution is 0.0985. The van der Waals surface area contributed by atoms with Gasteiger partial charge in [0.2, 0.25) is 0 Å². The van der Waals surface area contributed by atoms with Crippen LogP contribution in [0, 0.1) is 0 Å². The summed E-state index contributed by atoms with van der Waals surface area (Å²) in [7, 11) is -1.80. The van der Waals surface area contributed by atoms with Gasteiger partial charge in [-0.1, -0.05) is 0 Å². The second-order valence-electron chi connectivity index (χ2n) is 8.45. The highest BCUT2D eigenvalue weighted by Gasteiger charge is 2.49. The van der Waals surface area contributed by atoms with E-state index in [0.717, 1.165) is 12.0 Å². The van der Waals surface area contributed by atoms with Crippen LogP contribution in [0.3, 0.4) is 0 Å². The molecule has 1 saturated carbocycles. The number of benzene rings is 1. The van der Waals surface area contributed by atoms with E-state index < -0.39 is 14.6 Å². The molecule has 2 aliphatic rings. The predicted molar refractivity (Wildman–Crippen MR) is 124 cm³/mol. The van der Waals surface area contributed by atoms with E-state index in [1.807, 2.05) is 18.2 Å². The third kappa shape index (κ3) is 4.16. The second-order valence-corrected chi connectivity index (χ2v) is 10.8. The van der Waals surface area contributed by atoms with Gasteiger partial charge in [0.15, 0.2) is 15.7 Å². The molecule has 1 atom stereocenters. The van der Waals surface area contributed by atoms with Crippen molar-refractivity contribution in [1.82, 2.24) is 15.3 Å². The third-order valence-electron chi connectivity index (χ3n) is 6.34. The van der Waals surface area contributed by atoms with Crippen molar-refractivity contribution in [2.45, 2.75) is 37.0 Å². The molecule has 1 aromatic heterocycles. The number of anilines is 2. The van der Waals surface area contributed by atoms with Gasteiger partial charge in [-0.3, -0.25) is 0 Å². The van der Waals surface area contributed by atoms with E-state index in [1.54, 1.807) is 19.2 Å². The number of carbonyl (C=O) groups excluding carboxylic acids is 1. The predicted octanol–water partition coefficient (Wildman–Crippen LogP) is 2.54. The molecule has 2 N–H and O–H groups in total. The highest BCUT2D eigenvalue weighted by Crippen LogP contribution is 2.48. The first-order valence-corrected chi connectivity index (χ1v) is 12.7. The average molecular weight is 460 g/mol. The molecule has 1 saturated heterocycles. The van der Waals surface area contributed by atoms with Crippen molar-refractivity contribution in [3.63, 3.8) is 0 Å². The summed E-state index contributed by atoms with van der Waals surface area (Å²) in [6, 6.07) is 8.84. The SMILES string of the molecule is CNC(=O)Nc1ccc(-c2nc(N3CCOC[C@@H]3C)cc(C3(S(C)(=O)=O)CCC3)n2)cc1. The van der Waals surface area contributed by atoms with Crippen molar-refractivity contribution in [3.05, 3.63) is 36.0 Å². The lowest BCUT2D eigenvalue weighted by Crippen LogP contribution is -2.45. The number of carbonyl (C=O) groups is 1. The molecule has 2 fully saturated rings. The van der Waals surface area contributed by atoms with Crippen molar-refractivity contribution >= 4 is 27.4 Å². The summed E-state index contributed by atoms with van der Waals surface area (Å²) in [6.45, 7) is 3.93. The molecule has 10 heteroatoms. The van der Waals surface area contributed by atoms with Gasteiger partial charge in [-0.15, -0.1) is 0 Å². The first kappa shape index (κ1) is 22.5. The number of morpholine rings is 1. The Labute approximate surface area is 188 Å². The first-order valence-electron chi connectivity index (χ1n) is 10.8. The normalized spacial score (nSPS) is 20.3. The zero-order chi connectivity index (χ0) is 22.9. The molecule has 32 heavy (non-hydrogen) atoms. The van der Waals surface area contributed by atoms with E-state index in [2.05, 4.69) is 22.5 Å². The minimum absolute atomic E-state index is 0.119. The lowest BCUT2D eigenvalue weighted by atomic mass is 9.81. The van der Waals surface area contributed by atoms with Gasteiger partial charge in [0.1, 0.15) is 10.6 Å². The van der Waals surface area contributed by atoms with Gasteiger partial charge in [-0.2, -0.15) is 0 Å². The van der Waals surface area contributed by atoms with Crippen molar-refractivity contribution < 1.29 is 17.9 Å². The van der Waals surface area contributed by atoms with Crippen LogP contribution in [-0.2, 0) is 19.3 Å². The van der Waals surface area contributed by atoms with E-state index in [4.69, 9.17) is 14.7 Å². The summed E-state index contributed by atoms with van der Waals surface area (Å²) in [5.74, 6) is 1.18. The Morgan fingerprint density at radius 2 is 1.94 bits per heavy atom. The van der Waals surface area contributed by atoms with Crippen LogP contribution in [0.4, 0.5) is 16.3 Å². The number of hydrogen-bond acceptors (Lipinski definition) is 7. The average Bonchev–Trinajstić information content (AvgIpc) is 2.72. The summed E-state index contributed by atoms with van der Waals surface area (Å²) >= 11 is 0. The summed E-state index contributed by atoms with van der Waals surface area (Å²) in [5.41, 5.74) is 1.94. The van der Waals surface area contributed by atoms with Gasteiger partial charge in [-0.05, 0) is 50.5 Å². The van der Waals surface area contributed by atoms with E-state index in [9.17, 15) is 13.2 Å². The van der Waals surface area contributed by atoms with Crippen LogP contribution >= 0.6 is 0 Å². The molecule has 172 valence electrons. The maximum atomic E-state index is 12.8. The molecule has 4 rings (SSSR count). The highest BCUT2D eigenvalue weighted by atomic mass is 32.2. The van der Waals surface area contributed by atoms with Gasteiger partial charge < -0.3 is 20.3 Å². The smallest absolute Gasteiger partial charge is 0.318 e. The largest absolute Gasteiger partial charge is 0.377 e. The minimum atomic E-state index is -3.35. The quantitative estimate of drug-likeness (QED) is 0.706. The van der Waals surface area contributed by atoms with Crippen LogP contribution in [0.1, 0.15) is 31.9 Å². The maximum absolute atomic E-state index is 12.8. The molecule has 1 aliphatic heterocycles. The van der Waals surface area contributed by atoms with Crippen LogP contribution in [-0.4, -0.2) is 63.5 Å². The van der Waals surface area contributed by atoms with Crippen molar-refractivity contribution in [2.24, 2.45) is 0 Å². The van der Waals surface area contributed by atoms with Crippen molar-refractivity contribution in [2.75, 3.05) is 43.3 Å². The number of nitrogens with one attached hydrogen (secondary N) is 2.